The zero-order valence-corrected chi connectivity index (χ0v) is 13.6. The van der Waals surface area contributed by atoms with Crippen molar-refractivity contribution in [2.45, 2.75) is 13.0 Å². The molecule has 1 atom stereocenters. The van der Waals surface area contributed by atoms with Gasteiger partial charge in [0.1, 0.15) is 11.7 Å². The smallest absolute Gasteiger partial charge is 0.239 e. The molecule has 1 heterocycles. The predicted molar refractivity (Wildman–Crippen MR) is 90.2 cm³/mol. The van der Waals surface area contributed by atoms with Crippen LogP contribution in [-0.2, 0) is 16.1 Å². The van der Waals surface area contributed by atoms with E-state index in [1.54, 1.807) is 47.4 Å². The first-order valence-corrected chi connectivity index (χ1v) is 8.02. The van der Waals surface area contributed by atoms with Crippen molar-refractivity contribution in [3.05, 3.63) is 64.9 Å². The summed E-state index contributed by atoms with van der Waals surface area (Å²) >= 11 is 5.95. The SMILES string of the molecule is O=C(NCc1ccccc1F)[C@@H]1CCN(c2cccc(Cl)c2)C1=O. The molecule has 1 fully saturated rings. The number of amides is 2. The Labute approximate surface area is 144 Å². The van der Waals surface area contributed by atoms with E-state index in [0.29, 0.717) is 29.2 Å². The number of benzene rings is 2. The van der Waals surface area contributed by atoms with Gasteiger partial charge in [-0.25, -0.2) is 4.39 Å². The van der Waals surface area contributed by atoms with Crippen molar-refractivity contribution in [2.24, 2.45) is 5.92 Å². The fourth-order valence-corrected chi connectivity index (χ4v) is 2.96. The zero-order chi connectivity index (χ0) is 17.1. The van der Waals surface area contributed by atoms with Gasteiger partial charge in [0.15, 0.2) is 0 Å². The van der Waals surface area contributed by atoms with E-state index >= 15 is 0 Å². The molecular weight excluding hydrogens is 331 g/mol. The lowest BCUT2D eigenvalue weighted by molar-refractivity contribution is -0.132. The van der Waals surface area contributed by atoms with Crippen LogP contribution in [0, 0.1) is 11.7 Å². The summed E-state index contributed by atoms with van der Waals surface area (Å²) in [6.45, 7) is 0.517. The van der Waals surface area contributed by atoms with Gasteiger partial charge in [0.25, 0.3) is 0 Å². The molecule has 1 aliphatic rings. The topological polar surface area (TPSA) is 49.4 Å². The summed E-state index contributed by atoms with van der Waals surface area (Å²) in [4.78, 5) is 26.3. The molecule has 3 rings (SSSR count). The van der Waals surface area contributed by atoms with E-state index in [-0.39, 0.29) is 24.2 Å². The lowest BCUT2D eigenvalue weighted by Gasteiger charge is -2.17. The van der Waals surface area contributed by atoms with E-state index < -0.39 is 5.92 Å². The Morgan fingerprint density at radius 2 is 2.04 bits per heavy atom. The minimum atomic E-state index is -0.754. The lowest BCUT2D eigenvalue weighted by atomic mass is 10.1. The van der Waals surface area contributed by atoms with Crippen molar-refractivity contribution in [1.29, 1.82) is 0 Å². The Hall–Kier alpha value is -2.40. The van der Waals surface area contributed by atoms with E-state index in [9.17, 15) is 14.0 Å². The van der Waals surface area contributed by atoms with E-state index in [4.69, 9.17) is 11.6 Å². The van der Waals surface area contributed by atoms with Gasteiger partial charge in [-0.1, -0.05) is 35.9 Å². The number of halogens is 2. The predicted octanol–water partition coefficient (Wildman–Crippen LogP) is 3.15. The van der Waals surface area contributed by atoms with Gasteiger partial charge in [-0.15, -0.1) is 0 Å². The fourth-order valence-electron chi connectivity index (χ4n) is 2.77. The molecule has 0 spiro atoms. The third kappa shape index (κ3) is 3.41. The number of anilines is 1. The Kier molecular flexibility index (Phi) is 4.81. The number of rotatable bonds is 4. The maximum absolute atomic E-state index is 13.6. The lowest BCUT2D eigenvalue weighted by Crippen LogP contribution is -2.36. The minimum absolute atomic E-state index is 0.0620. The van der Waals surface area contributed by atoms with E-state index in [2.05, 4.69) is 5.32 Å². The summed E-state index contributed by atoms with van der Waals surface area (Å²) in [5.74, 6) is -1.78. The number of nitrogens with one attached hydrogen (secondary N) is 1. The van der Waals surface area contributed by atoms with Crippen LogP contribution in [0.2, 0.25) is 5.02 Å². The van der Waals surface area contributed by atoms with Gasteiger partial charge in [0.2, 0.25) is 11.8 Å². The van der Waals surface area contributed by atoms with Gasteiger partial charge >= 0.3 is 0 Å². The van der Waals surface area contributed by atoms with Crippen molar-refractivity contribution < 1.29 is 14.0 Å². The van der Waals surface area contributed by atoms with Crippen LogP contribution in [0.3, 0.4) is 0 Å². The largest absolute Gasteiger partial charge is 0.351 e. The molecule has 24 heavy (non-hydrogen) atoms. The third-order valence-corrected chi connectivity index (χ3v) is 4.29. The Balaban J connectivity index is 1.64. The van der Waals surface area contributed by atoms with Crippen molar-refractivity contribution in [2.75, 3.05) is 11.4 Å². The summed E-state index contributed by atoms with van der Waals surface area (Å²) in [6, 6.07) is 13.2. The van der Waals surface area contributed by atoms with Crippen LogP contribution in [0.1, 0.15) is 12.0 Å². The van der Waals surface area contributed by atoms with E-state index in [0.717, 1.165) is 0 Å². The molecule has 4 nitrogen and oxygen atoms in total. The molecule has 2 amide bonds. The van der Waals surface area contributed by atoms with Crippen LogP contribution in [0.5, 0.6) is 0 Å². The van der Waals surface area contributed by atoms with Crippen molar-refractivity contribution in [1.82, 2.24) is 5.32 Å². The molecule has 124 valence electrons. The van der Waals surface area contributed by atoms with Crippen molar-refractivity contribution >= 4 is 29.1 Å². The maximum Gasteiger partial charge on any atom is 0.239 e. The van der Waals surface area contributed by atoms with Crippen LogP contribution in [-0.4, -0.2) is 18.4 Å². The highest BCUT2D eigenvalue weighted by Crippen LogP contribution is 2.27. The fraction of sp³-hybridized carbons (Fsp3) is 0.222. The Morgan fingerprint density at radius 1 is 1.25 bits per heavy atom. The first-order valence-electron chi connectivity index (χ1n) is 7.64. The summed E-state index contributed by atoms with van der Waals surface area (Å²) in [7, 11) is 0. The highest BCUT2D eigenvalue weighted by Gasteiger charge is 2.37. The molecule has 0 saturated carbocycles. The molecule has 0 aromatic heterocycles. The summed E-state index contributed by atoms with van der Waals surface area (Å²) in [6.07, 6.45) is 0.425. The Bertz CT molecular complexity index is 781. The number of carbonyl (C=O) groups is 2. The highest BCUT2D eigenvalue weighted by atomic mass is 35.5. The average molecular weight is 347 g/mol. The van der Waals surface area contributed by atoms with Gasteiger partial charge in [0, 0.05) is 29.4 Å². The maximum atomic E-state index is 13.6. The van der Waals surface area contributed by atoms with Gasteiger partial charge < -0.3 is 10.2 Å². The first kappa shape index (κ1) is 16.5. The second-order valence-electron chi connectivity index (χ2n) is 5.62. The summed E-state index contributed by atoms with van der Waals surface area (Å²) in [5, 5.41) is 3.18. The van der Waals surface area contributed by atoms with Gasteiger partial charge in [-0.05, 0) is 30.7 Å². The molecule has 6 heteroatoms. The normalized spacial score (nSPS) is 17.2. The first-order chi connectivity index (χ1) is 11.6. The highest BCUT2D eigenvalue weighted by molar-refractivity contribution is 6.31. The summed E-state index contributed by atoms with van der Waals surface area (Å²) < 4.78 is 13.6. The quantitative estimate of drug-likeness (QED) is 0.865. The van der Waals surface area contributed by atoms with Crippen LogP contribution in [0.4, 0.5) is 10.1 Å². The molecule has 2 aromatic carbocycles. The molecule has 0 unspecified atom stereocenters. The van der Waals surface area contributed by atoms with Gasteiger partial charge in [-0.3, -0.25) is 9.59 Å². The minimum Gasteiger partial charge on any atom is -0.351 e. The van der Waals surface area contributed by atoms with Gasteiger partial charge in [-0.2, -0.15) is 0 Å². The number of hydrogen-bond donors (Lipinski definition) is 1. The monoisotopic (exact) mass is 346 g/mol. The zero-order valence-electron chi connectivity index (χ0n) is 12.8. The molecule has 1 aliphatic heterocycles. The van der Waals surface area contributed by atoms with E-state index in [1.807, 2.05) is 0 Å². The molecule has 0 radical (unpaired) electrons. The van der Waals surface area contributed by atoms with Crippen LogP contribution < -0.4 is 10.2 Å². The second-order valence-corrected chi connectivity index (χ2v) is 6.06. The standard InChI is InChI=1S/C18H16ClFN2O2/c19-13-5-3-6-14(10-13)22-9-8-15(18(22)24)17(23)21-11-12-4-1-2-7-16(12)20/h1-7,10,15H,8-9,11H2,(H,21,23)/t15-/m0/s1. The molecule has 1 saturated heterocycles. The molecular formula is C18H16ClFN2O2. The van der Waals surface area contributed by atoms with Crippen LogP contribution in [0.15, 0.2) is 48.5 Å². The second kappa shape index (κ2) is 7.01. The number of hydrogen-bond acceptors (Lipinski definition) is 2. The Morgan fingerprint density at radius 3 is 2.79 bits per heavy atom. The van der Waals surface area contributed by atoms with Gasteiger partial charge in [0.05, 0.1) is 0 Å². The number of carbonyl (C=O) groups excluding carboxylic acids is 2. The van der Waals surface area contributed by atoms with Crippen LogP contribution in [0.25, 0.3) is 0 Å². The molecule has 0 aliphatic carbocycles. The third-order valence-electron chi connectivity index (χ3n) is 4.05. The molecule has 2 aromatic rings. The van der Waals surface area contributed by atoms with Crippen molar-refractivity contribution in [3.8, 4) is 0 Å². The van der Waals surface area contributed by atoms with Crippen LogP contribution >= 0.6 is 11.6 Å². The summed E-state index contributed by atoms with van der Waals surface area (Å²) in [5.41, 5.74) is 1.07. The average Bonchev–Trinajstić information content (AvgIpc) is 2.95. The van der Waals surface area contributed by atoms with Crippen molar-refractivity contribution in [3.63, 3.8) is 0 Å². The van der Waals surface area contributed by atoms with E-state index in [1.165, 1.54) is 6.07 Å². The molecule has 1 N–H and O–H groups in total. The molecule has 0 bridgehead atoms. The number of nitrogens with zero attached hydrogens (tertiary/aromatic N) is 1.